The largest absolute Gasteiger partial charge is 0.427 e. The maximum Gasteiger partial charge on any atom is 0.308 e. The molecule has 0 fully saturated rings. The number of ether oxygens (including phenoxy) is 1. The molecule has 2 aromatic rings. The summed E-state index contributed by atoms with van der Waals surface area (Å²) in [5.41, 5.74) is 1.72. The Bertz CT molecular complexity index is 815. The minimum Gasteiger partial charge on any atom is -0.427 e. The van der Waals surface area contributed by atoms with Crippen LogP contribution in [0.15, 0.2) is 61.2 Å². The van der Waals surface area contributed by atoms with Crippen LogP contribution in [0, 0.1) is 0 Å². The number of esters is 1. The van der Waals surface area contributed by atoms with Gasteiger partial charge in [-0.15, -0.1) is 0 Å². The van der Waals surface area contributed by atoms with E-state index in [1.165, 1.54) is 19.1 Å². The number of nitrogens with one attached hydrogen (secondary N) is 2. The summed E-state index contributed by atoms with van der Waals surface area (Å²) < 4.78 is 4.97. The van der Waals surface area contributed by atoms with Crippen molar-refractivity contribution in [3.63, 3.8) is 0 Å². The molecule has 0 saturated carbocycles. The van der Waals surface area contributed by atoms with Gasteiger partial charge in [0.15, 0.2) is 0 Å². The summed E-state index contributed by atoms with van der Waals surface area (Å²) >= 11 is 0. The SMILES string of the molecule is C=CC(=O)Nc1ccccc1CNC(=O)c1cccc(OC(C)=O)c1. The predicted molar refractivity (Wildman–Crippen MR) is 94.2 cm³/mol. The zero-order valence-corrected chi connectivity index (χ0v) is 13.7. The molecule has 0 radical (unpaired) electrons. The molecule has 6 heteroatoms. The van der Waals surface area contributed by atoms with Gasteiger partial charge in [0, 0.05) is 24.7 Å². The first-order valence-corrected chi connectivity index (χ1v) is 7.57. The van der Waals surface area contributed by atoms with Crippen LogP contribution in [-0.2, 0) is 16.1 Å². The maximum absolute atomic E-state index is 12.3. The van der Waals surface area contributed by atoms with E-state index in [2.05, 4.69) is 17.2 Å². The van der Waals surface area contributed by atoms with Gasteiger partial charge in [-0.3, -0.25) is 14.4 Å². The molecule has 25 heavy (non-hydrogen) atoms. The molecule has 0 aromatic heterocycles. The van der Waals surface area contributed by atoms with Gasteiger partial charge in [0.2, 0.25) is 5.91 Å². The Labute approximate surface area is 145 Å². The minimum atomic E-state index is -0.454. The highest BCUT2D eigenvalue weighted by atomic mass is 16.5. The van der Waals surface area contributed by atoms with Crippen LogP contribution in [-0.4, -0.2) is 17.8 Å². The van der Waals surface area contributed by atoms with E-state index in [0.717, 1.165) is 5.56 Å². The number of carbonyl (C=O) groups is 3. The van der Waals surface area contributed by atoms with E-state index in [1.54, 1.807) is 36.4 Å². The Morgan fingerprint density at radius 1 is 1.12 bits per heavy atom. The van der Waals surface area contributed by atoms with Crippen molar-refractivity contribution in [2.24, 2.45) is 0 Å². The number of hydrogen-bond acceptors (Lipinski definition) is 4. The second kappa shape index (κ2) is 8.44. The summed E-state index contributed by atoms with van der Waals surface area (Å²) in [6.07, 6.45) is 1.18. The van der Waals surface area contributed by atoms with E-state index in [0.29, 0.717) is 17.0 Å². The lowest BCUT2D eigenvalue weighted by molar-refractivity contribution is -0.131. The Balaban J connectivity index is 2.06. The van der Waals surface area contributed by atoms with Crippen molar-refractivity contribution < 1.29 is 19.1 Å². The van der Waals surface area contributed by atoms with E-state index < -0.39 is 5.97 Å². The zero-order chi connectivity index (χ0) is 18.2. The monoisotopic (exact) mass is 338 g/mol. The van der Waals surface area contributed by atoms with Gasteiger partial charge in [-0.1, -0.05) is 30.8 Å². The van der Waals surface area contributed by atoms with Gasteiger partial charge in [0.05, 0.1) is 0 Å². The third kappa shape index (κ3) is 5.31. The van der Waals surface area contributed by atoms with Crippen LogP contribution in [0.4, 0.5) is 5.69 Å². The van der Waals surface area contributed by atoms with Crippen LogP contribution >= 0.6 is 0 Å². The summed E-state index contributed by atoms with van der Waals surface area (Å²) in [4.78, 5) is 34.7. The minimum absolute atomic E-state index is 0.226. The molecule has 0 aliphatic rings. The molecular weight excluding hydrogens is 320 g/mol. The Morgan fingerprint density at radius 3 is 2.60 bits per heavy atom. The summed E-state index contributed by atoms with van der Waals surface area (Å²) in [6.45, 7) is 4.93. The molecule has 0 bridgehead atoms. The van der Waals surface area contributed by atoms with Crippen molar-refractivity contribution >= 4 is 23.5 Å². The normalized spacial score (nSPS) is 9.80. The van der Waals surface area contributed by atoms with Crippen LogP contribution in [0.1, 0.15) is 22.8 Å². The molecular formula is C19H18N2O4. The third-order valence-corrected chi connectivity index (χ3v) is 3.26. The van der Waals surface area contributed by atoms with Crippen molar-refractivity contribution in [1.29, 1.82) is 0 Å². The Hall–Kier alpha value is -3.41. The van der Waals surface area contributed by atoms with Gasteiger partial charge in [-0.05, 0) is 35.9 Å². The summed E-state index contributed by atoms with van der Waals surface area (Å²) in [5.74, 6) is -0.796. The predicted octanol–water partition coefficient (Wildman–Crippen LogP) is 2.67. The topological polar surface area (TPSA) is 84.5 Å². The van der Waals surface area contributed by atoms with E-state index in [4.69, 9.17) is 4.74 Å². The molecule has 0 aliphatic heterocycles. The number of para-hydroxylation sites is 1. The smallest absolute Gasteiger partial charge is 0.308 e. The van der Waals surface area contributed by atoms with E-state index >= 15 is 0 Å². The first-order chi connectivity index (χ1) is 12.0. The molecule has 0 saturated heterocycles. The van der Waals surface area contributed by atoms with E-state index in [-0.39, 0.29) is 18.4 Å². The lowest BCUT2D eigenvalue weighted by Gasteiger charge is -2.11. The van der Waals surface area contributed by atoms with Gasteiger partial charge in [0.1, 0.15) is 5.75 Å². The fourth-order valence-electron chi connectivity index (χ4n) is 2.12. The van der Waals surface area contributed by atoms with Gasteiger partial charge in [-0.25, -0.2) is 0 Å². The second-order valence-electron chi connectivity index (χ2n) is 5.15. The van der Waals surface area contributed by atoms with Gasteiger partial charge >= 0.3 is 5.97 Å². The van der Waals surface area contributed by atoms with Crippen molar-refractivity contribution in [2.45, 2.75) is 13.5 Å². The Kier molecular flexibility index (Phi) is 6.06. The molecule has 2 aromatic carbocycles. The van der Waals surface area contributed by atoms with E-state index in [1.807, 2.05) is 6.07 Å². The average molecular weight is 338 g/mol. The quantitative estimate of drug-likeness (QED) is 0.482. The summed E-state index contributed by atoms with van der Waals surface area (Å²) in [5, 5.41) is 5.46. The first kappa shape index (κ1) is 17.9. The number of benzene rings is 2. The standard InChI is InChI=1S/C19H18N2O4/c1-3-18(23)21-17-10-5-4-7-15(17)12-20-19(24)14-8-6-9-16(11-14)25-13(2)22/h3-11H,1,12H2,2H3,(H,20,24)(H,21,23). The van der Waals surface area contributed by atoms with E-state index in [9.17, 15) is 14.4 Å². The molecule has 0 heterocycles. The van der Waals surface area contributed by atoms with Crippen molar-refractivity contribution in [3.8, 4) is 5.75 Å². The maximum atomic E-state index is 12.3. The lowest BCUT2D eigenvalue weighted by atomic mass is 10.1. The molecule has 2 amide bonds. The fraction of sp³-hybridized carbons (Fsp3) is 0.105. The molecule has 2 N–H and O–H groups in total. The molecule has 0 atom stereocenters. The molecule has 6 nitrogen and oxygen atoms in total. The third-order valence-electron chi connectivity index (χ3n) is 3.26. The number of amides is 2. The van der Waals surface area contributed by atoms with Gasteiger partial charge < -0.3 is 15.4 Å². The van der Waals surface area contributed by atoms with Gasteiger partial charge in [-0.2, -0.15) is 0 Å². The lowest BCUT2D eigenvalue weighted by Crippen LogP contribution is -2.23. The van der Waals surface area contributed by atoms with Gasteiger partial charge in [0.25, 0.3) is 5.91 Å². The summed E-state index contributed by atoms with van der Waals surface area (Å²) in [6, 6.07) is 13.5. The molecule has 0 aliphatic carbocycles. The van der Waals surface area contributed by atoms with Crippen LogP contribution in [0.2, 0.25) is 0 Å². The second-order valence-corrected chi connectivity index (χ2v) is 5.15. The van der Waals surface area contributed by atoms with Crippen molar-refractivity contribution in [1.82, 2.24) is 5.32 Å². The van der Waals surface area contributed by atoms with Crippen molar-refractivity contribution in [3.05, 3.63) is 72.3 Å². The van der Waals surface area contributed by atoms with Crippen LogP contribution in [0.3, 0.4) is 0 Å². The highest BCUT2D eigenvalue weighted by Gasteiger charge is 2.09. The molecule has 128 valence electrons. The van der Waals surface area contributed by atoms with Crippen LogP contribution in [0.25, 0.3) is 0 Å². The molecule has 2 rings (SSSR count). The number of rotatable bonds is 6. The molecule has 0 spiro atoms. The zero-order valence-electron chi connectivity index (χ0n) is 13.7. The highest BCUT2D eigenvalue weighted by Crippen LogP contribution is 2.16. The van der Waals surface area contributed by atoms with Crippen molar-refractivity contribution in [2.75, 3.05) is 5.32 Å². The number of carbonyl (C=O) groups excluding carboxylic acids is 3. The number of hydrogen-bond donors (Lipinski definition) is 2. The average Bonchev–Trinajstić information content (AvgIpc) is 2.60. The molecule has 0 unspecified atom stereocenters. The fourth-order valence-corrected chi connectivity index (χ4v) is 2.12. The first-order valence-electron chi connectivity index (χ1n) is 7.57. The number of anilines is 1. The van der Waals surface area contributed by atoms with Crippen LogP contribution < -0.4 is 15.4 Å². The Morgan fingerprint density at radius 2 is 1.88 bits per heavy atom. The highest BCUT2D eigenvalue weighted by molar-refractivity contribution is 5.99. The van der Waals surface area contributed by atoms with Crippen LogP contribution in [0.5, 0.6) is 5.75 Å². The summed E-state index contributed by atoms with van der Waals surface area (Å²) in [7, 11) is 0.